The number of halogens is 3. The molecule has 3 aromatic rings. The number of hydrogen-bond donors (Lipinski definition) is 1. The van der Waals surface area contributed by atoms with E-state index in [-0.39, 0.29) is 30.8 Å². The van der Waals surface area contributed by atoms with Crippen molar-refractivity contribution in [3.63, 3.8) is 0 Å². The Balaban J connectivity index is 1.66. The molecule has 0 radical (unpaired) electrons. The summed E-state index contributed by atoms with van der Waals surface area (Å²) in [5, 5.41) is 4.66. The van der Waals surface area contributed by atoms with Crippen molar-refractivity contribution in [2.45, 2.75) is 63.6 Å². The molecule has 1 aliphatic carbocycles. The number of nitrogens with zero attached hydrogens (tertiary/aromatic N) is 1. The predicted molar refractivity (Wildman–Crippen MR) is 151 cm³/mol. The lowest BCUT2D eigenvalue weighted by molar-refractivity contribution is -0.141. The molecule has 37 heavy (non-hydrogen) atoms. The highest BCUT2D eigenvalue weighted by Crippen LogP contribution is 2.25. The van der Waals surface area contributed by atoms with Crippen LogP contribution in [0.2, 0.25) is 15.1 Å². The number of nitrogens with one attached hydrogen (secondary N) is 1. The van der Waals surface area contributed by atoms with Crippen LogP contribution >= 0.6 is 34.8 Å². The molecule has 4 rings (SSSR count). The molecule has 1 atom stereocenters. The summed E-state index contributed by atoms with van der Waals surface area (Å²) in [6.45, 7) is 0.260. The lowest BCUT2D eigenvalue weighted by Gasteiger charge is -2.33. The molecule has 4 nitrogen and oxygen atoms in total. The van der Waals surface area contributed by atoms with E-state index in [1.54, 1.807) is 29.2 Å². The van der Waals surface area contributed by atoms with Gasteiger partial charge in [-0.25, -0.2) is 0 Å². The van der Waals surface area contributed by atoms with Crippen molar-refractivity contribution in [1.29, 1.82) is 0 Å². The number of hydrogen-bond acceptors (Lipinski definition) is 2. The number of amides is 2. The lowest BCUT2D eigenvalue weighted by Crippen LogP contribution is -2.53. The summed E-state index contributed by atoms with van der Waals surface area (Å²) in [7, 11) is 0. The number of rotatable bonds is 9. The molecule has 194 valence electrons. The highest BCUT2D eigenvalue weighted by molar-refractivity contribution is 6.42. The van der Waals surface area contributed by atoms with Crippen LogP contribution in [-0.4, -0.2) is 28.8 Å². The van der Waals surface area contributed by atoms with Gasteiger partial charge in [-0.3, -0.25) is 9.59 Å². The molecule has 3 aromatic carbocycles. The van der Waals surface area contributed by atoms with Crippen molar-refractivity contribution < 1.29 is 9.59 Å². The maximum absolute atomic E-state index is 13.9. The van der Waals surface area contributed by atoms with Crippen LogP contribution in [0.15, 0.2) is 72.8 Å². The molecule has 1 fully saturated rings. The second-order valence-electron chi connectivity index (χ2n) is 9.63. The smallest absolute Gasteiger partial charge is 0.243 e. The number of carbonyl (C=O) groups excluding carboxylic acids is 2. The third-order valence-electron chi connectivity index (χ3n) is 6.80. The summed E-state index contributed by atoms with van der Waals surface area (Å²) < 4.78 is 0. The van der Waals surface area contributed by atoms with Gasteiger partial charge < -0.3 is 10.2 Å². The Labute approximate surface area is 233 Å². The number of carbonyl (C=O) groups is 2. The zero-order valence-electron chi connectivity index (χ0n) is 20.6. The van der Waals surface area contributed by atoms with E-state index in [2.05, 4.69) is 5.32 Å². The Morgan fingerprint density at radius 1 is 0.811 bits per heavy atom. The number of benzene rings is 3. The molecule has 1 aliphatic rings. The summed E-state index contributed by atoms with van der Waals surface area (Å²) in [5.74, 6) is -0.293. The van der Waals surface area contributed by atoms with E-state index in [0.29, 0.717) is 21.5 Å². The quantitative estimate of drug-likeness (QED) is 0.301. The van der Waals surface area contributed by atoms with Crippen LogP contribution in [0.3, 0.4) is 0 Å². The third kappa shape index (κ3) is 7.98. The largest absolute Gasteiger partial charge is 0.352 e. The van der Waals surface area contributed by atoms with E-state index < -0.39 is 6.04 Å². The zero-order valence-corrected chi connectivity index (χ0v) is 22.9. The maximum atomic E-state index is 13.9. The van der Waals surface area contributed by atoms with E-state index in [0.717, 1.165) is 42.4 Å². The van der Waals surface area contributed by atoms with Crippen molar-refractivity contribution in [3.05, 3.63) is 105 Å². The van der Waals surface area contributed by atoms with Crippen molar-refractivity contribution in [1.82, 2.24) is 10.2 Å². The van der Waals surface area contributed by atoms with Gasteiger partial charge in [-0.15, -0.1) is 0 Å². The minimum atomic E-state index is -0.682. The van der Waals surface area contributed by atoms with E-state index >= 15 is 0 Å². The first kappa shape index (κ1) is 27.5. The van der Waals surface area contributed by atoms with Crippen molar-refractivity contribution in [2.24, 2.45) is 0 Å². The molecule has 1 saturated carbocycles. The third-order valence-corrected chi connectivity index (χ3v) is 7.78. The van der Waals surface area contributed by atoms with Gasteiger partial charge >= 0.3 is 0 Å². The van der Waals surface area contributed by atoms with Crippen molar-refractivity contribution in [3.8, 4) is 0 Å². The molecule has 2 amide bonds. The summed E-state index contributed by atoms with van der Waals surface area (Å²) in [6, 6.07) is 21.9. The van der Waals surface area contributed by atoms with Crippen LogP contribution in [0.5, 0.6) is 0 Å². The average Bonchev–Trinajstić information content (AvgIpc) is 2.89. The Morgan fingerprint density at radius 2 is 1.54 bits per heavy atom. The van der Waals surface area contributed by atoms with E-state index in [1.807, 2.05) is 48.5 Å². The van der Waals surface area contributed by atoms with Crippen LogP contribution in [0.1, 0.15) is 48.8 Å². The molecular formula is C30H31Cl3N2O2. The standard InChI is InChI=1S/C30H31Cl3N2O2/c31-24-11-7-10-23(16-24)20-35(29(36)19-22-14-15-26(32)27(33)17-22)28(18-21-8-3-1-4-9-21)30(37)34-25-12-5-2-6-13-25/h1,3-4,7-11,14-17,25,28H,2,5-6,12-13,18-20H2,(H,34,37)/t28-/m1/s1. The second-order valence-corrected chi connectivity index (χ2v) is 10.9. The summed E-state index contributed by atoms with van der Waals surface area (Å²) in [4.78, 5) is 29.3. The predicted octanol–water partition coefficient (Wildman–Crippen LogP) is 7.28. The molecule has 0 aliphatic heterocycles. The van der Waals surface area contributed by atoms with Crippen molar-refractivity contribution >= 4 is 46.6 Å². The van der Waals surface area contributed by atoms with Gasteiger partial charge in [0, 0.05) is 24.0 Å². The van der Waals surface area contributed by atoms with Gasteiger partial charge in [0.2, 0.25) is 11.8 Å². The van der Waals surface area contributed by atoms with E-state index in [4.69, 9.17) is 34.8 Å². The van der Waals surface area contributed by atoms with Crippen LogP contribution in [0, 0.1) is 0 Å². The van der Waals surface area contributed by atoms with Crippen molar-refractivity contribution in [2.75, 3.05) is 0 Å². The molecule has 0 spiro atoms. The molecule has 0 aromatic heterocycles. The molecular weight excluding hydrogens is 527 g/mol. The lowest BCUT2D eigenvalue weighted by atomic mass is 9.94. The van der Waals surface area contributed by atoms with Gasteiger partial charge in [0.1, 0.15) is 6.04 Å². The summed E-state index contributed by atoms with van der Waals surface area (Å²) in [5.41, 5.74) is 2.59. The fraction of sp³-hybridized carbons (Fsp3) is 0.333. The Bertz CT molecular complexity index is 1210. The average molecular weight is 558 g/mol. The van der Waals surface area contributed by atoms with Gasteiger partial charge in [-0.05, 0) is 53.8 Å². The Morgan fingerprint density at radius 3 is 2.24 bits per heavy atom. The summed E-state index contributed by atoms with van der Waals surface area (Å²) in [6.07, 6.45) is 5.85. The monoisotopic (exact) mass is 556 g/mol. The Kier molecular flexibility index (Phi) is 9.90. The van der Waals surface area contributed by atoms with Crippen LogP contribution in [0.25, 0.3) is 0 Å². The van der Waals surface area contributed by atoms with Gasteiger partial charge in [0.15, 0.2) is 0 Å². The first-order chi connectivity index (χ1) is 17.9. The molecule has 0 bridgehead atoms. The van der Waals surface area contributed by atoms with E-state index in [9.17, 15) is 9.59 Å². The first-order valence-electron chi connectivity index (χ1n) is 12.7. The summed E-state index contributed by atoms with van der Waals surface area (Å²) >= 11 is 18.6. The molecule has 0 unspecified atom stereocenters. The van der Waals surface area contributed by atoms with Gasteiger partial charge in [-0.2, -0.15) is 0 Å². The van der Waals surface area contributed by atoms with Gasteiger partial charge in [0.25, 0.3) is 0 Å². The Hall–Kier alpha value is -2.53. The highest BCUT2D eigenvalue weighted by Gasteiger charge is 2.32. The molecule has 1 N–H and O–H groups in total. The van der Waals surface area contributed by atoms with Crippen LogP contribution < -0.4 is 5.32 Å². The fourth-order valence-corrected chi connectivity index (χ4v) is 5.39. The maximum Gasteiger partial charge on any atom is 0.243 e. The van der Waals surface area contributed by atoms with E-state index in [1.165, 1.54) is 6.42 Å². The molecule has 0 heterocycles. The van der Waals surface area contributed by atoms with Crippen LogP contribution in [0.4, 0.5) is 0 Å². The minimum Gasteiger partial charge on any atom is -0.352 e. The second kappa shape index (κ2) is 13.3. The normalized spacial score (nSPS) is 14.7. The molecule has 7 heteroatoms. The van der Waals surface area contributed by atoms with Gasteiger partial charge in [-0.1, -0.05) is 103 Å². The topological polar surface area (TPSA) is 49.4 Å². The highest BCUT2D eigenvalue weighted by atomic mass is 35.5. The molecule has 0 saturated heterocycles. The van der Waals surface area contributed by atoms with Gasteiger partial charge in [0.05, 0.1) is 16.5 Å². The first-order valence-corrected chi connectivity index (χ1v) is 13.8. The SMILES string of the molecule is O=C(NC1CCCCC1)[C@@H](Cc1ccccc1)N(Cc1cccc(Cl)c1)C(=O)Cc1ccc(Cl)c(Cl)c1. The minimum absolute atomic E-state index is 0.0967. The zero-order chi connectivity index (χ0) is 26.2. The van der Waals surface area contributed by atoms with Crippen LogP contribution in [-0.2, 0) is 29.0 Å². The fourth-order valence-electron chi connectivity index (χ4n) is 4.86.